The van der Waals surface area contributed by atoms with Crippen molar-refractivity contribution in [1.82, 2.24) is 9.97 Å². The van der Waals surface area contributed by atoms with Crippen molar-refractivity contribution < 1.29 is 14.2 Å². The number of hydrogen-bond acceptors (Lipinski definition) is 7. The minimum atomic E-state index is 0.330. The van der Waals surface area contributed by atoms with E-state index in [1.165, 1.54) is 0 Å². The Bertz CT molecular complexity index is 1090. The molecule has 2 aromatic carbocycles. The number of aromatic nitrogens is 2. The quantitative estimate of drug-likeness (QED) is 0.484. The van der Waals surface area contributed by atoms with Crippen molar-refractivity contribution in [3.05, 3.63) is 42.2 Å². The lowest BCUT2D eigenvalue weighted by Crippen LogP contribution is -2.47. The summed E-state index contributed by atoms with van der Waals surface area (Å²) in [4.78, 5) is 14.8. The zero-order valence-corrected chi connectivity index (χ0v) is 20.3. The first-order valence-corrected chi connectivity index (χ1v) is 11.7. The Kier molecular flexibility index (Phi) is 7.06. The molecule has 1 aromatic heterocycles. The number of rotatable bonds is 8. The van der Waals surface area contributed by atoms with Gasteiger partial charge in [0.05, 0.1) is 32.5 Å². The van der Waals surface area contributed by atoms with E-state index < -0.39 is 0 Å². The largest absolute Gasteiger partial charge is 0.495 e. The Hall–Kier alpha value is -3.22. The highest BCUT2D eigenvalue weighted by molar-refractivity contribution is 5.92. The van der Waals surface area contributed by atoms with Crippen LogP contribution >= 0.6 is 0 Å². The van der Waals surface area contributed by atoms with E-state index in [1.807, 2.05) is 24.3 Å². The predicted molar refractivity (Wildman–Crippen MR) is 133 cm³/mol. The first kappa shape index (κ1) is 23.0. The average molecular weight is 451 g/mol. The van der Waals surface area contributed by atoms with Crippen LogP contribution < -0.4 is 24.0 Å². The molecule has 0 saturated carbocycles. The molecule has 1 saturated heterocycles. The van der Waals surface area contributed by atoms with Crippen LogP contribution in [0.1, 0.15) is 38.4 Å². The Morgan fingerprint density at radius 1 is 0.788 bits per heavy atom. The molecule has 1 aliphatic heterocycles. The van der Waals surface area contributed by atoms with E-state index in [4.69, 9.17) is 24.2 Å². The third kappa shape index (κ3) is 4.49. The summed E-state index contributed by atoms with van der Waals surface area (Å²) in [6, 6.07) is 12.2. The maximum Gasteiger partial charge on any atom is 0.162 e. The molecule has 0 unspecified atom stereocenters. The molecule has 3 aromatic rings. The van der Waals surface area contributed by atoms with Gasteiger partial charge in [0, 0.05) is 43.5 Å². The van der Waals surface area contributed by atoms with Crippen molar-refractivity contribution in [2.45, 2.75) is 32.6 Å². The fraction of sp³-hybridized carbons (Fsp3) is 0.462. The number of benzene rings is 2. The molecule has 0 bridgehead atoms. The van der Waals surface area contributed by atoms with Crippen molar-refractivity contribution >= 4 is 22.4 Å². The van der Waals surface area contributed by atoms with Gasteiger partial charge in [-0.05, 0) is 31.0 Å². The van der Waals surface area contributed by atoms with Gasteiger partial charge in [-0.2, -0.15) is 0 Å². The molecule has 2 heterocycles. The van der Waals surface area contributed by atoms with Gasteiger partial charge in [-0.3, -0.25) is 0 Å². The zero-order chi connectivity index (χ0) is 23.4. The molecular weight excluding hydrogens is 416 g/mol. The number of anilines is 2. The predicted octanol–water partition coefficient (Wildman–Crippen LogP) is 4.89. The van der Waals surface area contributed by atoms with Gasteiger partial charge in [0.1, 0.15) is 17.4 Å². The van der Waals surface area contributed by atoms with E-state index >= 15 is 0 Å². The highest BCUT2D eigenvalue weighted by Gasteiger charge is 2.25. The molecule has 0 atom stereocenters. The third-order valence-corrected chi connectivity index (χ3v) is 6.55. The maximum absolute atomic E-state index is 5.59. The summed E-state index contributed by atoms with van der Waals surface area (Å²) in [6.45, 7) is 7.89. The van der Waals surface area contributed by atoms with Gasteiger partial charge < -0.3 is 24.0 Å². The summed E-state index contributed by atoms with van der Waals surface area (Å²) in [6.07, 6.45) is 2.02. The second-order valence-corrected chi connectivity index (χ2v) is 8.29. The Labute approximate surface area is 196 Å². The summed E-state index contributed by atoms with van der Waals surface area (Å²) in [5.41, 5.74) is 2.03. The van der Waals surface area contributed by atoms with Crippen LogP contribution in [-0.2, 0) is 0 Å². The summed E-state index contributed by atoms with van der Waals surface area (Å²) >= 11 is 0. The fourth-order valence-corrected chi connectivity index (χ4v) is 4.58. The number of methoxy groups -OCH3 is 3. The monoisotopic (exact) mass is 450 g/mol. The van der Waals surface area contributed by atoms with Crippen molar-refractivity contribution in [2.24, 2.45) is 0 Å². The average Bonchev–Trinajstić information content (AvgIpc) is 2.88. The number of hydrogen-bond donors (Lipinski definition) is 0. The van der Waals surface area contributed by atoms with Gasteiger partial charge in [-0.25, -0.2) is 9.97 Å². The van der Waals surface area contributed by atoms with E-state index in [1.54, 1.807) is 21.3 Å². The normalized spacial score (nSPS) is 14.1. The standard InChI is InChI=1S/C26H34N4O3/c1-6-18(7-2)25-27-20-17-24(33-5)23(32-4)16-19(20)26(28-25)30-14-12-29(13-15-30)21-10-8-9-11-22(21)31-3/h8-11,16-18H,6-7,12-15H2,1-5H3. The number of ether oxygens (including phenoxy) is 3. The second-order valence-electron chi connectivity index (χ2n) is 8.29. The molecule has 0 N–H and O–H groups in total. The highest BCUT2D eigenvalue weighted by atomic mass is 16.5. The van der Waals surface area contributed by atoms with Crippen molar-refractivity contribution in [3.8, 4) is 17.2 Å². The lowest BCUT2D eigenvalue weighted by atomic mass is 10.0. The molecule has 33 heavy (non-hydrogen) atoms. The van der Waals surface area contributed by atoms with Gasteiger partial charge in [0.15, 0.2) is 11.5 Å². The molecule has 0 spiro atoms. The summed E-state index contributed by atoms with van der Waals surface area (Å²) in [5.74, 6) is 4.50. The molecule has 0 amide bonds. The van der Waals surface area contributed by atoms with Crippen molar-refractivity contribution in [1.29, 1.82) is 0 Å². The first-order chi connectivity index (χ1) is 16.1. The molecule has 7 heteroatoms. The topological polar surface area (TPSA) is 60.0 Å². The van der Waals surface area contributed by atoms with Gasteiger partial charge in [-0.1, -0.05) is 26.0 Å². The number of para-hydroxylation sites is 2. The Balaban J connectivity index is 1.71. The van der Waals surface area contributed by atoms with Crippen LogP contribution in [0.25, 0.3) is 10.9 Å². The molecular formula is C26H34N4O3. The van der Waals surface area contributed by atoms with Crippen LogP contribution in [0.4, 0.5) is 11.5 Å². The van der Waals surface area contributed by atoms with Crippen molar-refractivity contribution in [2.75, 3.05) is 57.3 Å². The molecule has 0 aliphatic carbocycles. The minimum Gasteiger partial charge on any atom is -0.495 e. The zero-order valence-electron chi connectivity index (χ0n) is 20.3. The fourth-order valence-electron chi connectivity index (χ4n) is 4.58. The minimum absolute atomic E-state index is 0.330. The molecule has 1 fully saturated rings. The molecule has 4 rings (SSSR count). The molecule has 0 radical (unpaired) electrons. The van der Waals surface area contributed by atoms with E-state index in [0.29, 0.717) is 17.4 Å². The smallest absolute Gasteiger partial charge is 0.162 e. The van der Waals surface area contributed by atoms with E-state index in [2.05, 4.69) is 35.8 Å². The van der Waals surface area contributed by atoms with Crippen LogP contribution in [0.5, 0.6) is 17.2 Å². The summed E-state index contributed by atoms with van der Waals surface area (Å²) < 4.78 is 16.7. The van der Waals surface area contributed by atoms with Crippen LogP contribution in [-0.4, -0.2) is 57.5 Å². The highest BCUT2D eigenvalue weighted by Crippen LogP contribution is 2.37. The van der Waals surface area contributed by atoms with Crippen molar-refractivity contribution in [3.63, 3.8) is 0 Å². The van der Waals surface area contributed by atoms with Gasteiger partial charge in [0.25, 0.3) is 0 Å². The lowest BCUT2D eigenvalue weighted by Gasteiger charge is -2.37. The van der Waals surface area contributed by atoms with E-state index in [0.717, 1.165) is 73.0 Å². The van der Waals surface area contributed by atoms with Gasteiger partial charge in [-0.15, -0.1) is 0 Å². The van der Waals surface area contributed by atoms with Gasteiger partial charge in [0.2, 0.25) is 0 Å². The molecule has 1 aliphatic rings. The van der Waals surface area contributed by atoms with Crippen LogP contribution in [0, 0.1) is 0 Å². The number of fused-ring (bicyclic) bond motifs is 1. The third-order valence-electron chi connectivity index (χ3n) is 6.55. The molecule has 176 valence electrons. The lowest BCUT2D eigenvalue weighted by molar-refractivity contribution is 0.355. The first-order valence-electron chi connectivity index (χ1n) is 11.7. The molecule has 7 nitrogen and oxygen atoms in total. The van der Waals surface area contributed by atoms with Crippen LogP contribution in [0.15, 0.2) is 36.4 Å². The summed E-state index contributed by atoms with van der Waals surface area (Å²) in [5, 5.41) is 0.994. The van der Waals surface area contributed by atoms with E-state index in [-0.39, 0.29) is 0 Å². The van der Waals surface area contributed by atoms with Gasteiger partial charge >= 0.3 is 0 Å². The SMILES string of the molecule is CCC(CC)c1nc(N2CCN(c3ccccc3OC)CC2)c2cc(OC)c(OC)cc2n1. The van der Waals surface area contributed by atoms with Crippen LogP contribution in [0.3, 0.4) is 0 Å². The van der Waals surface area contributed by atoms with Crippen LogP contribution in [0.2, 0.25) is 0 Å². The summed E-state index contributed by atoms with van der Waals surface area (Å²) in [7, 11) is 5.04. The number of nitrogens with zero attached hydrogens (tertiary/aromatic N) is 4. The Morgan fingerprint density at radius 3 is 2.03 bits per heavy atom. The Morgan fingerprint density at radius 2 is 1.39 bits per heavy atom. The maximum atomic E-state index is 5.59. The van der Waals surface area contributed by atoms with E-state index in [9.17, 15) is 0 Å². The number of piperazine rings is 1. The second kappa shape index (κ2) is 10.1.